The van der Waals surface area contributed by atoms with Crippen molar-refractivity contribution in [3.63, 3.8) is 0 Å². The summed E-state index contributed by atoms with van der Waals surface area (Å²) in [5, 5.41) is 16.1. The Kier molecular flexibility index (Phi) is 5.41. The molecule has 2 atom stereocenters. The second kappa shape index (κ2) is 8.30. The van der Waals surface area contributed by atoms with Crippen molar-refractivity contribution in [1.82, 2.24) is 40.1 Å². The third kappa shape index (κ3) is 3.95. The van der Waals surface area contributed by atoms with E-state index in [4.69, 9.17) is 9.72 Å². The van der Waals surface area contributed by atoms with Crippen molar-refractivity contribution < 1.29 is 9.53 Å². The maximum Gasteiger partial charge on any atom is 0.231 e. The van der Waals surface area contributed by atoms with Crippen LogP contribution in [0.25, 0.3) is 11.4 Å². The number of carbonyl (C=O) groups is 1. The molecule has 34 heavy (non-hydrogen) atoms. The topological polar surface area (TPSA) is 124 Å². The lowest BCUT2D eigenvalue weighted by molar-refractivity contribution is -0.131. The number of aromatic nitrogens is 7. The summed E-state index contributed by atoms with van der Waals surface area (Å²) in [6, 6.07) is 3.85. The van der Waals surface area contributed by atoms with Crippen LogP contribution in [-0.2, 0) is 18.3 Å². The molecule has 0 aliphatic carbocycles. The fourth-order valence-electron chi connectivity index (χ4n) is 4.91. The molecule has 0 aromatic carbocycles. The summed E-state index contributed by atoms with van der Waals surface area (Å²) in [6.07, 6.45) is 2.69. The highest BCUT2D eigenvalue weighted by molar-refractivity contribution is 5.83. The minimum atomic E-state index is -0.371. The number of hydrogen-bond donors (Lipinski definition) is 1. The molecular weight excluding hydrogens is 434 g/mol. The van der Waals surface area contributed by atoms with E-state index in [0.717, 1.165) is 41.9 Å². The van der Waals surface area contributed by atoms with Crippen LogP contribution in [0.4, 0.5) is 5.82 Å². The van der Waals surface area contributed by atoms with E-state index in [9.17, 15) is 4.79 Å². The second-order valence-electron chi connectivity index (χ2n) is 9.25. The Bertz CT molecular complexity index is 1260. The fourth-order valence-corrected chi connectivity index (χ4v) is 4.91. The molecule has 2 aliphatic rings. The van der Waals surface area contributed by atoms with Crippen molar-refractivity contribution in [2.75, 3.05) is 25.5 Å². The first kappa shape index (κ1) is 22.2. The predicted octanol–water partition coefficient (Wildman–Crippen LogP) is 1.82. The molecule has 178 valence electrons. The number of fused-ring (bicyclic) bond motifs is 1. The Labute approximate surface area is 198 Å². The van der Waals surface area contributed by atoms with Crippen molar-refractivity contribution in [1.29, 1.82) is 0 Å². The van der Waals surface area contributed by atoms with E-state index < -0.39 is 0 Å². The zero-order chi connectivity index (χ0) is 24.0. The van der Waals surface area contributed by atoms with Crippen molar-refractivity contribution in [2.24, 2.45) is 7.05 Å². The van der Waals surface area contributed by atoms with Crippen LogP contribution in [0.3, 0.4) is 0 Å². The van der Waals surface area contributed by atoms with Gasteiger partial charge in [-0.25, -0.2) is 9.97 Å². The summed E-state index contributed by atoms with van der Waals surface area (Å²) in [6.45, 7) is 7.00. The van der Waals surface area contributed by atoms with E-state index in [2.05, 4.69) is 36.8 Å². The summed E-state index contributed by atoms with van der Waals surface area (Å²) in [4.78, 5) is 30.3. The zero-order valence-corrected chi connectivity index (χ0v) is 20.2. The van der Waals surface area contributed by atoms with Gasteiger partial charge in [-0.15, -0.1) is 10.2 Å². The van der Waals surface area contributed by atoms with Crippen LogP contribution < -0.4 is 10.1 Å². The molecule has 0 bridgehead atoms. The normalized spacial score (nSPS) is 20.2. The zero-order valence-electron chi connectivity index (χ0n) is 20.2. The number of aryl methyl sites for hydroxylation is 4. The molecule has 0 saturated carbocycles. The quantitative estimate of drug-likeness (QED) is 0.617. The highest BCUT2D eigenvalue weighted by atomic mass is 16.5. The number of nitrogens with one attached hydrogen (secondary N) is 1. The third-order valence-electron chi connectivity index (χ3n) is 6.82. The van der Waals surface area contributed by atoms with Crippen LogP contribution in [0.5, 0.6) is 5.88 Å². The van der Waals surface area contributed by atoms with Gasteiger partial charge < -0.3 is 15.0 Å². The number of amides is 1. The molecule has 1 fully saturated rings. The molecule has 3 aromatic rings. The van der Waals surface area contributed by atoms with Gasteiger partial charge in [0.2, 0.25) is 17.6 Å². The lowest BCUT2D eigenvalue weighted by atomic mass is 9.86. The van der Waals surface area contributed by atoms with Crippen LogP contribution in [0.15, 0.2) is 12.1 Å². The number of methoxy groups -OCH3 is 1. The third-order valence-corrected chi connectivity index (χ3v) is 6.82. The number of anilines is 1. The first-order valence-corrected chi connectivity index (χ1v) is 11.5. The highest BCUT2D eigenvalue weighted by Crippen LogP contribution is 2.38. The van der Waals surface area contributed by atoms with Crippen molar-refractivity contribution in [3.8, 4) is 17.3 Å². The van der Waals surface area contributed by atoms with E-state index >= 15 is 0 Å². The molecule has 11 nitrogen and oxygen atoms in total. The summed E-state index contributed by atoms with van der Waals surface area (Å²) >= 11 is 0. The predicted molar refractivity (Wildman–Crippen MR) is 124 cm³/mol. The smallest absolute Gasteiger partial charge is 0.231 e. The number of pyridine rings is 1. The molecule has 0 unspecified atom stereocenters. The number of ether oxygens (including phenoxy) is 1. The Balaban J connectivity index is 1.32. The molecule has 5 rings (SSSR count). The summed E-state index contributed by atoms with van der Waals surface area (Å²) in [7, 11) is 3.32. The molecule has 1 N–H and O–H groups in total. The Morgan fingerprint density at radius 1 is 1.21 bits per heavy atom. The van der Waals surface area contributed by atoms with Gasteiger partial charge in [0, 0.05) is 24.7 Å². The monoisotopic (exact) mass is 463 g/mol. The SMILES string of the molecule is COc1cc([C@H](C)C(=O)N2CC[C@]3(CCc4cc(-c5nnn(C)n5)c(C)nc4N3)C2)nc(C)n1. The van der Waals surface area contributed by atoms with Crippen molar-refractivity contribution in [2.45, 2.75) is 51.5 Å². The summed E-state index contributed by atoms with van der Waals surface area (Å²) < 4.78 is 5.26. The van der Waals surface area contributed by atoms with Gasteiger partial charge in [-0.05, 0) is 56.9 Å². The van der Waals surface area contributed by atoms with Gasteiger partial charge in [0.1, 0.15) is 11.6 Å². The fraction of sp³-hybridized carbons (Fsp3) is 0.522. The Hall–Kier alpha value is -3.63. The molecule has 1 amide bonds. The van der Waals surface area contributed by atoms with Crippen LogP contribution in [0.1, 0.15) is 48.5 Å². The first-order valence-electron chi connectivity index (χ1n) is 11.5. The van der Waals surface area contributed by atoms with Crippen molar-refractivity contribution in [3.05, 3.63) is 34.9 Å². The number of rotatable bonds is 4. The van der Waals surface area contributed by atoms with Gasteiger partial charge in [-0.2, -0.15) is 9.78 Å². The Morgan fingerprint density at radius 2 is 2.03 bits per heavy atom. The van der Waals surface area contributed by atoms with Crippen LogP contribution in [-0.4, -0.2) is 71.7 Å². The van der Waals surface area contributed by atoms with Gasteiger partial charge in [-0.1, -0.05) is 0 Å². The lowest BCUT2D eigenvalue weighted by Gasteiger charge is -2.36. The largest absolute Gasteiger partial charge is 0.481 e. The second-order valence-corrected chi connectivity index (χ2v) is 9.25. The molecule has 0 radical (unpaired) electrons. The van der Waals surface area contributed by atoms with Crippen LogP contribution in [0.2, 0.25) is 0 Å². The molecule has 3 aromatic heterocycles. The highest BCUT2D eigenvalue weighted by Gasteiger charge is 2.43. The summed E-state index contributed by atoms with van der Waals surface area (Å²) in [5.74, 6) is 2.23. The first-order chi connectivity index (χ1) is 16.3. The lowest BCUT2D eigenvalue weighted by Crippen LogP contribution is -2.46. The maximum atomic E-state index is 13.3. The Morgan fingerprint density at radius 3 is 2.76 bits per heavy atom. The molecular formula is C23H29N9O2. The van der Waals surface area contributed by atoms with E-state index in [1.807, 2.05) is 18.7 Å². The van der Waals surface area contributed by atoms with E-state index in [1.165, 1.54) is 4.80 Å². The average molecular weight is 464 g/mol. The minimum absolute atomic E-state index is 0.0674. The van der Waals surface area contributed by atoms with Gasteiger partial charge in [0.15, 0.2) is 0 Å². The summed E-state index contributed by atoms with van der Waals surface area (Å²) in [5.41, 5.74) is 3.40. The van der Waals surface area contributed by atoms with Gasteiger partial charge >= 0.3 is 0 Å². The molecule has 11 heteroatoms. The standard InChI is InChI=1S/C23H29N9O2/c1-13(18-11-19(34-5)26-15(3)25-18)22(33)32-9-8-23(12-32)7-6-16-10-17(14(2)24-20(16)27-23)21-28-30-31(4)29-21/h10-11,13H,6-9,12H2,1-5H3,(H,24,27)/t13-,23+/m0/s1. The van der Waals surface area contributed by atoms with Crippen LogP contribution >= 0.6 is 0 Å². The number of hydrogen-bond acceptors (Lipinski definition) is 9. The van der Waals surface area contributed by atoms with Gasteiger partial charge in [-0.3, -0.25) is 4.79 Å². The number of tetrazole rings is 1. The van der Waals surface area contributed by atoms with Crippen molar-refractivity contribution >= 4 is 11.7 Å². The van der Waals surface area contributed by atoms with Gasteiger partial charge in [0.05, 0.1) is 37.0 Å². The number of likely N-dealkylation sites (tertiary alicyclic amines) is 1. The molecule has 2 aliphatic heterocycles. The van der Waals surface area contributed by atoms with E-state index in [1.54, 1.807) is 27.1 Å². The maximum absolute atomic E-state index is 13.3. The number of nitrogens with zero attached hydrogens (tertiary/aromatic N) is 8. The average Bonchev–Trinajstić information content (AvgIpc) is 3.43. The molecule has 1 saturated heterocycles. The van der Waals surface area contributed by atoms with Crippen LogP contribution in [0, 0.1) is 13.8 Å². The van der Waals surface area contributed by atoms with Gasteiger partial charge in [0.25, 0.3) is 0 Å². The van der Waals surface area contributed by atoms with E-state index in [0.29, 0.717) is 36.3 Å². The minimum Gasteiger partial charge on any atom is -0.481 e. The number of carbonyl (C=O) groups excluding carboxylic acids is 1. The van der Waals surface area contributed by atoms with E-state index in [-0.39, 0.29) is 17.4 Å². The molecule has 1 spiro atoms. The molecule has 5 heterocycles.